The molecule has 0 fully saturated rings. The van der Waals surface area contributed by atoms with Gasteiger partial charge in [0, 0.05) is 14.1 Å². The van der Waals surface area contributed by atoms with E-state index in [1.807, 2.05) is 0 Å². The maximum atomic E-state index is 2.29. The van der Waals surface area contributed by atoms with Gasteiger partial charge in [0.15, 0.2) is 0 Å². The SMILES string of the molecule is CCCCCCCCCCCCCCC/C=C/N(C)C. The summed E-state index contributed by atoms with van der Waals surface area (Å²) in [4.78, 5) is 2.11. The fraction of sp³-hybridized carbons (Fsp3) is 0.895. The Bertz CT molecular complexity index is 196. The monoisotopic (exact) mass is 281 g/mol. The van der Waals surface area contributed by atoms with Gasteiger partial charge in [0.2, 0.25) is 0 Å². The first kappa shape index (κ1) is 19.5. The molecule has 0 N–H and O–H groups in total. The summed E-state index contributed by atoms with van der Waals surface area (Å²) in [6.45, 7) is 2.29. The molecule has 0 amide bonds. The van der Waals surface area contributed by atoms with E-state index in [0.717, 1.165) is 0 Å². The van der Waals surface area contributed by atoms with Crippen LogP contribution in [-0.2, 0) is 0 Å². The van der Waals surface area contributed by atoms with Crippen molar-refractivity contribution in [3.8, 4) is 0 Å². The normalized spacial score (nSPS) is 11.3. The van der Waals surface area contributed by atoms with Crippen molar-refractivity contribution in [1.82, 2.24) is 4.90 Å². The lowest BCUT2D eigenvalue weighted by Crippen LogP contribution is -1.99. The molecule has 0 radical (unpaired) electrons. The van der Waals surface area contributed by atoms with Crippen LogP contribution in [0.1, 0.15) is 96.8 Å². The topological polar surface area (TPSA) is 3.24 Å². The van der Waals surface area contributed by atoms with E-state index in [2.05, 4.69) is 38.2 Å². The minimum absolute atomic E-state index is 1.25. The molecule has 0 saturated carbocycles. The summed E-state index contributed by atoms with van der Waals surface area (Å²) in [5.41, 5.74) is 0. The van der Waals surface area contributed by atoms with Gasteiger partial charge >= 0.3 is 0 Å². The quantitative estimate of drug-likeness (QED) is 0.308. The summed E-state index contributed by atoms with van der Waals surface area (Å²) < 4.78 is 0. The highest BCUT2D eigenvalue weighted by atomic mass is 15.0. The van der Waals surface area contributed by atoms with Gasteiger partial charge in [-0.1, -0.05) is 90.0 Å². The van der Waals surface area contributed by atoms with E-state index in [-0.39, 0.29) is 0 Å². The molecule has 0 aliphatic carbocycles. The van der Waals surface area contributed by atoms with Crippen LogP contribution in [0.3, 0.4) is 0 Å². The standard InChI is InChI=1S/C19H39N/c1-4-5-6-7-8-9-10-11-12-13-14-15-16-17-18-19-20(2)3/h18-19H,4-17H2,1-3H3/b19-18+. The highest BCUT2D eigenvalue weighted by Gasteiger charge is 1.93. The molecule has 0 unspecified atom stereocenters. The van der Waals surface area contributed by atoms with Crippen LogP contribution in [0.25, 0.3) is 0 Å². The Kier molecular flexibility index (Phi) is 16.2. The van der Waals surface area contributed by atoms with Crippen LogP contribution in [-0.4, -0.2) is 19.0 Å². The second-order valence-corrected chi connectivity index (χ2v) is 6.38. The van der Waals surface area contributed by atoms with Crippen molar-refractivity contribution in [3.05, 3.63) is 12.3 Å². The van der Waals surface area contributed by atoms with Crippen molar-refractivity contribution >= 4 is 0 Å². The minimum Gasteiger partial charge on any atom is -0.384 e. The van der Waals surface area contributed by atoms with Crippen molar-refractivity contribution in [2.45, 2.75) is 96.8 Å². The predicted molar refractivity (Wildman–Crippen MR) is 93.1 cm³/mol. The molecule has 0 aromatic carbocycles. The van der Waals surface area contributed by atoms with Gasteiger partial charge in [0.25, 0.3) is 0 Å². The molecule has 0 rings (SSSR count). The first-order valence-corrected chi connectivity index (χ1v) is 9.10. The Morgan fingerprint density at radius 3 is 1.40 bits per heavy atom. The fourth-order valence-electron chi connectivity index (χ4n) is 2.57. The maximum absolute atomic E-state index is 2.29. The van der Waals surface area contributed by atoms with E-state index in [4.69, 9.17) is 0 Å². The molecule has 0 atom stereocenters. The van der Waals surface area contributed by atoms with Crippen molar-refractivity contribution in [2.24, 2.45) is 0 Å². The van der Waals surface area contributed by atoms with Crippen LogP contribution in [0.2, 0.25) is 0 Å². The number of allylic oxidation sites excluding steroid dienone is 1. The third kappa shape index (κ3) is 17.5. The number of hydrogen-bond donors (Lipinski definition) is 0. The first-order chi connectivity index (χ1) is 9.77. The van der Waals surface area contributed by atoms with E-state index < -0.39 is 0 Å². The highest BCUT2D eigenvalue weighted by Crippen LogP contribution is 2.12. The first-order valence-electron chi connectivity index (χ1n) is 9.10. The molecule has 1 heteroatoms. The lowest BCUT2D eigenvalue weighted by molar-refractivity contribution is 0.538. The molecule has 0 aromatic heterocycles. The van der Waals surface area contributed by atoms with E-state index in [0.29, 0.717) is 0 Å². The molecule has 0 heterocycles. The molecule has 0 spiro atoms. The van der Waals surface area contributed by atoms with Gasteiger partial charge in [-0.05, 0) is 19.0 Å². The predicted octanol–water partition coefficient (Wildman–Crippen LogP) is 6.54. The van der Waals surface area contributed by atoms with E-state index in [9.17, 15) is 0 Å². The van der Waals surface area contributed by atoms with Gasteiger partial charge in [-0.15, -0.1) is 0 Å². The molecular formula is C19H39N. The maximum Gasteiger partial charge on any atom is 0.00555 e. The van der Waals surface area contributed by atoms with Crippen LogP contribution < -0.4 is 0 Å². The van der Waals surface area contributed by atoms with E-state index in [1.165, 1.54) is 89.9 Å². The van der Waals surface area contributed by atoms with Crippen molar-refractivity contribution in [2.75, 3.05) is 14.1 Å². The summed E-state index contributed by atoms with van der Waals surface area (Å²) in [5.74, 6) is 0. The van der Waals surface area contributed by atoms with Crippen LogP contribution in [0, 0.1) is 0 Å². The number of hydrogen-bond acceptors (Lipinski definition) is 1. The zero-order chi connectivity index (χ0) is 14.9. The molecule has 0 aromatic rings. The Balaban J connectivity index is 2.99. The zero-order valence-corrected chi connectivity index (χ0v) is 14.5. The zero-order valence-electron chi connectivity index (χ0n) is 14.5. The fourth-order valence-corrected chi connectivity index (χ4v) is 2.57. The van der Waals surface area contributed by atoms with Gasteiger partial charge in [-0.2, -0.15) is 0 Å². The highest BCUT2D eigenvalue weighted by molar-refractivity contribution is 4.78. The summed E-state index contributed by atoms with van der Waals surface area (Å²) in [6, 6.07) is 0. The molecule has 0 aliphatic rings. The summed E-state index contributed by atoms with van der Waals surface area (Å²) in [6.07, 6.45) is 24.4. The number of rotatable bonds is 15. The number of nitrogens with zero attached hydrogens (tertiary/aromatic N) is 1. The Hall–Kier alpha value is -0.460. The largest absolute Gasteiger partial charge is 0.384 e. The third-order valence-corrected chi connectivity index (χ3v) is 3.88. The van der Waals surface area contributed by atoms with Gasteiger partial charge in [-0.3, -0.25) is 0 Å². The summed E-state index contributed by atoms with van der Waals surface area (Å²) in [5, 5.41) is 0. The summed E-state index contributed by atoms with van der Waals surface area (Å²) in [7, 11) is 4.17. The Labute approximate surface area is 128 Å². The number of unbranched alkanes of at least 4 members (excludes halogenated alkanes) is 13. The molecule has 20 heavy (non-hydrogen) atoms. The lowest BCUT2D eigenvalue weighted by atomic mass is 10.0. The van der Waals surface area contributed by atoms with E-state index in [1.54, 1.807) is 0 Å². The van der Waals surface area contributed by atoms with Crippen molar-refractivity contribution in [1.29, 1.82) is 0 Å². The summed E-state index contributed by atoms with van der Waals surface area (Å²) >= 11 is 0. The average Bonchev–Trinajstić information content (AvgIpc) is 2.43. The van der Waals surface area contributed by atoms with Crippen LogP contribution in [0.4, 0.5) is 0 Å². The molecule has 1 nitrogen and oxygen atoms in total. The molecule has 0 bridgehead atoms. The molecule has 0 aliphatic heterocycles. The van der Waals surface area contributed by atoms with Crippen LogP contribution in [0.15, 0.2) is 12.3 Å². The lowest BCUT2D eigenvalue weighted by Gasteiger charge is -2.03. The van der Waals surface area contributed by atoms with Crippen LogP contribution >= 0.6 is 0 Å². The van der Waals surface area contributed by atoms with Crippen LogP contribution in [0.5, 0.6) is 0 Å². The van der Waals surface area contributed by atoms with Crippen molar-refractivity contribution < 1.29 is 0 Å². The van der Waals surface area contributed by atoms with E-state index >= 15 is 0 Å². The van der Waals surface area contributed by atoms with Crippen molar-refractivity contribution in [3.63, 3.8) is 0 Å². The second-order valence-electron chi connectivity index (χ2n) is 6.38. The van der Waals surface area contributed by atoms with Gasteiger partial charge in [0.05, 0.1) is 0 Å². The smallest absolute Gasteiger partial charge is 0.00555 e. The Morgan fingerprint density at radius 2 is 1.00 bits per heavy atom. The van der Waals surface area contributed by atoms with Gasteiger partial charge in [0.1, 0.15) is 0 Å². The second kappa shape index (κ2) is 16.6. The minimum atomic E-state index is 1.25. The van der Waals surface area contributed by atoms with Gasteiger partial charge < -0.3 is 4.90 Å². The Morgan fingerprint density at radius 1 is 0.600 bits per heavy atom. The third-order valence-electron chi connectivity index (χ3n) is 3.88. The molecule has 0 saturated heterocycles. The van der Waals surface area contributed by atoms with Gasteiger partial charge in [-0.25, -0.2) is 0 Å². The average molecular weight is 282 g/mol. The molecule has 120 valence electrons. The molecular weight excluding hydrogens is 242 g/mol.